The first-order valence-corrected chi connectivity index (χ1v) is 6.29. The fraction of sp³-hybridized carbons (Fsp3) is 1.00. The molecule has 0 saturated heterocycles. The predicted molar refractivity (Wildman–Crippen MR) is 61.9 cm³/mol. The average molecular weight is 184 g/mol. The SMILES string of the molecule is CC.CCC1CCCC(C)C1CC. The van der Waals surface area contributed by atoms with E-state index in [9.17, 15) is 0 Å². The van der Waals surface area contributed by atoms with Crippen molar-refractivity contribution in [2.24, 2.45) is 17.8 Å². The van der Waals surface area contributed by atoms with E-state index in [0.29, 0.717) is 0 Å². The minimum atomic E-state index is 0.999. The summed E-state index contributed by atoms with van der Waals surface area (Å²) >= 11 is 0. The largest absolute Gasteiger partial charge is 0.0683 e. The highest BCUT2D eigenvalue weighted by molar-refractivity contribution is 4.78. The van der Waals surface area contributed by atoms with E-state index in [2.05, 4.69) is 20.8 Å². The van der Waals surface area contributed by atoms with E-state index in [1.54, 1.807) is 0 Å². The Balaban J connectivity index is 0.000000671. The van der Waals surface area contributed by atoms with E-state index in [4.69, 9.17) is 0 Å². The third-order valence-electron chi connectivity index (χ3n) is 3.57. The van der Waals surface area contributed by atoms with Crippen LogP contribution in [0, 0.1) is 17.8 Å². The summed E-state index contributed by atoms with van der Waals surface area (Å²) in [5.74, 6) is 3.08. The zero-order chi connectivity index (χ0) is 10.3. The molecular weight excluding hydrogens is 156 g/mol. The molecule has 1 fully saturated rings. The van der Waals surface area contributed by atoms with Gasteiger partial charge in [0.05, 0.1) is 0 Å². The van der Waals surface area contributed by atoms with Crippen LogP contribution in [-0.2, 0) is 0 Å². The first kappa shape index (κ1) is 13.0. The van der Waals surface area contributed by atoms with Gasteiger partial charge in [0.15, 0.2) is 0 Å². The van der Waals surface area contributed by atoms with Crippen LogP contribution in [0.1, 0.15) is 66.7 Å². The van der Waals surface area contributed by atoms with Gasteiger partial charge in [-0.05, 0) is 17.8 Å². The zero-order valence-corrected chi connectivity index (χ0v) is 10.3. The molecule has 13 heavy (non-hydrogen) atoms. The predicted octanol–water partition coefficient (Wildman–Crippen LogP) is 4.89. The second kappa shape index (κ2) is 7.41. The Kier molecular flexibility index (Phi) is 7.41. The van der Waals surface area contributed by atoms with Crippen LogP contribution in [0.25, 0.3) is 0 Å². The van der Waals surface area contributed by atoms with Gasteiger partial charge in [0.1, 0.15) is 0 Å². The molecule has 80 valence electrons. The molecule has 1 aliphatic rings. The maximum Gasteiger partial charge on any atom is -0.0363 e. The minimum absolute atomic E-state index is 0.999. The Bertz CT molecular complexity index is 107. The molecule has 0 aromatic heterocycles. The topological polar surface area (TPSA) is 0 Å². The number of rotatable bonds is 2. The maximum absolute atomic E-state index is 2.44. The van der Waals surface area contributed by atoms with Crippen molar-refractivity contribution in [3.05, 3.63) is 0 Å². The molecule has 0 bridgehead atoms. The Labute approximate surface area is 85.1 Å². The summed E-state index contributed by atoms with van der Waals surface area (Å²) in [5.41, 5.74) is 0. The molecule has 0 heteroatoms. The molecule has 0 radical (unpaired) electrons. The highest BCUT2D eigenvalue weighted by Gasteiger charge is 2.27. The maximum atomic E-state index is 2.44. The van der Waals surface area contributed by atoms with Crippen LogP contribution in [-0.4, -0.2) is 0 Å². The van der Waals surface area contributed by atoms with Gasteiger partial charge in [-0.3, -0.25) is 0 Å². The van der Waals surface area contributed by atoms with E-state index in [1.807, 2.05) is 13.8 Å². The summed E-state index contributed by atoms with van der Waals surface area (Å²) in [5, 5.41) is 0. The van der Waals surface area contributed by atoms with Gasteiger partial charge in [-0.1, -0.05) is 66.7 Å². The van der Waals surface area contributed by atoms with Crippen LogP contribution < -0.4 is 0 Å². The summed E-state index contributed by atoms with van der Waals surface area (Å²) < 4.78 is 0. The summed E-state index contributed by atoms with van der Waals surface area (Å²) in [4.78, 5) is 0. The fourth-order valence-corrected chi connectivity index (χ4v) is 2.84. The Hall–Kier alpha value is 0. The molecule has 3 unspecified atom stereocenters. The lowest BCUT2D eigenvalue weighted by molar-refractivity contribution is 0.155. The van der Waals surface area contributed by atoms with Crippen molar-refractivity contribution in [2.45, 2.75) is 66.7 Å². The third kappa shape index (κ3) is 3.70. The second-order valence-corrected chi connectivity index (χ2v) is 4.15. The van der Waals surface area contributed by atoms with E-state index < -0.39 is 0 Å². The first-order valence-electron chi connectivity index (χ1n) is 6.29. The Morgan fingerprint density at radius 3 is 2.00 bits per heavy atom. The standard InChI is InChI=1S/C11H22.C2H6/c1-4-10-8-6-7-9(3)11(10)5-2;1-2/h9-11H,4-8H2,1-3H3;1-2H3. The Morgan fingerprint density at radius 1 is 1.00 bits per heavy atom. The fourth-order valence-electron chi connectivity index (χ4n) is 2.84. The monoisotopic (exact) mass is 184 g/mol. The highest BCUT2D eigenvalue weighted by Crippen LogP contribution is 2.38. The normalized spacial score (nSPS) is 33.5. The molecule has 0 aromatic carbocycles. The van der Waals surface area contributed by atoms with Crippen LogP contribution >= 0.6 is 0 Å². The van der Waals surface area contributed by atoms with Gasteiger partial charge in [-0.25, -0.2) is 0 Å². The molecule has 3 atom stereocenters. The van der Waals surface area contributed by atoms with Gasteiger partial charge in [0.2, 0.25) is 0 Å². The van der Waals surface area contributed by atoms with Gasteiger partial charge in [-0.2, -0.15) is 0 Å². The first-order chi connectivity index (χ1) is 6.29. The van der Waals surface area contributed by atoms with Crippen molar-refractivity contribution in [2.75, 3.05) is 0 Å². The lowest BCUT2D eigenvalue weighted by atomic mass is 9.71. The zero-order valence-electron chi connectivity index (χ0n) is 10.3. The molecule has 1 saturated carbocycles. The minimum Gasteiger partial charge on any atom is -0.0683 e. The molecule has 1 aliphatic carbocycles. The number of hydrogen-bond donors (Lipinski definition) is 0. The summed E-state index contributed by atoms with van der Waals surface area (Å²) in [6.07, 6.45) is 7.27. The molecule has 0 nitrogen and oxygen atoms in total. The van der Waals surface area contributed by atoms with E-state index in [0.717, 1.165) is 17.8 Å². The van der Waals surface area contributed by atoms with Crippen molar-refractivity contribution < 1.29 is 0 Å². The van der Waals surface area contributed by atoms with Gasteiger partial charge in [-0.15, -0.1) is 0 Å². The van der Waals surface area contributed by atoms with Crippen molar-refractivity contribution in [3.63, 3.8) is 0 Å². The quantitative estimate of drug-likeness (QED) is 0.573. The van der Waals surface area contributed by atoms with Gasteiger partial charge in [0, 0.05) is 0 Å². The van der Waals surface area contributed by atoms with Crippen LogP contribution in [0.5, 0.6) is 0 Å². The van der Waals surface area contributed by atoms with E-state index >= 15 is 0 Å². The summed E-state index contributed by atoms with van der Waals surface area (Å²) in [6.45, 7) is 11.1. The van der Waals surface area contributed by atoms with E-state index in [-0.39, 0.29) is 0 Å². The Morgan fingerprint density at radius 2 is 1.62 bits per heavy atom. The van der Waals surface area contributed by atoms with Crippen molar-refractivity contribution in [3.8, 4) is 0 Å². The van der Waals surface area contributed by atoms with Crippen molar-refractivity contribution in [1.82, 2.24) is 0 Å². The molecule has 0 amide bonds. The van der Waals surface area contributed by atoms with Crippen LogP contribution in [0.4, 0.5) is 0 Å². The van der Waals surface area contributed by atoms with Crippen LogP contribution in [0.2, 0.25) is 0 Å². The molecule has 0 N–H and O–H groups in total. The van der Waals surface area contributed by atoms with Gasteiger partial charge < -0.3 is 0 Å². The molecule has 0 spiro atoms. The van der Waals surface area contributed by atoms with Crippen LogP contribution in [0.3, 0.4) is 0 Å². The molecular formula is C13H28. The molecule has 1 rings (SSSR count). The smallest absolute Gasteiger partial charge is 0.0363 e. The molecule has 0 aromatic rings. The number of hydrogen-bond acceptors (Lipinski definition) is 0. The van der Waals surface area contributed by atoms with E-state index in [1.165, 1.54) is 32.1 Å². The van der Waals surface area contributed by atoms with Crippen molar-refractivity contribution >= 4 is 0 Å². The van der Waals surface area contributed by atoms with Crippen LogP contribution in [0.15, 0.2) is 0 Å². The lowest BCUT2D eigenvalue weighted by Gasteiger charge is -2.35. The van der Waals surface area contributed by atoms with Gasteiger partial charge >= 0.3 is 0 Å². The lowest BCUT2D eigenvalue weighted by Crippen LogP contribution is -2.25. The third-order valence-corrected chi connectivity index (χ3v) is 3.57. The highest BCUT2D eigenvalue weighted by atomic mass is 14.3. The summed E-state index contributed by atoms with van der Waals surface area (Å²) in [6, 6.07) is 0. The van der Waals surface area contributed by atoms with Crippen molar-refractivity contribution in [1.29, 1.82) is 0 Å². The second-order valence-electron chi connectivity index (χ2n) is 4.15. The van der Waals surface area contributed by atoms with Gasteiger partial charge in [0.25, 0.3) is 0 Å². The average Bonchev–Trinajstić information content (AvgIpc) is 2.20. The molecule has 0 aliphatic heterocycles. The summed E-state index contributed by atoms with van der Waals surface area (Å²) in [7, 11) is 0. The molecule has 0 heterocycles.